The van der Waals surface area contributed by atoms with Gasteiger partial charge >= 0.3 is 0 Å². The molecule has 0 bridgehead atoms. The third-order valence-electron chi connectivity index (χ3n) is 2.56. The van der Waals surface area contributed by atoms with Crippen LogP contribution in [-0.4, -0.2) is 0 Å². The van der Waals surface area contributed by atoms with Crippen LogP contribution in [0.2, 0.25) is 0 Å². The van der Waals surface area contributed by atoms with Crippen LogP contribution in [0.25, 0.3) is 6.08 Å². The van der Waals surface area contributed by atoms with Gasteiger partial charge in [-0.1, -0.05) is 26.0 Å². The molecule has 0 aliphatic carbocycles. The Kier molecular flexibility index (Phi) is 4.52. The smallest absolute Gasteiger partial charge is 0.144 e. The van der Waals surface area contributed by atoms with E-state index in [2.05, 4.69) is 29.4 Å². The van der Waals surface area contributed by atoms with Crippen LogP contribution in [0.1, 0.15) is 36.5 Å². The summed E-state index contributed by atoms with van der Waals surface area (Å²) in [7, 11) is 0. The zero-order valence-electron chi connectivity index (χ0n) is 9.24. The molecule has 0 fully saturated rings. The molecule has 82 valence electrons. The molecule has 0 N–H and O–H groups in total. The molecule has 0 heterocycles. The molecule has 0 aliphatic heterocycles. The second kappa shape index (κ2) is 5.45. The molecule has 1 aromatic rings. The van der Waals surface area contributed by atoms with E-state index in [0.29, 0.717) is 10.0 Å². The van der Waals surface area contributed by atoms with Gasteiger partial charge in [-0.05, 0) is 52.9 Å². The van der Waals surface area contributed by atoms with Crippen molar-refractivity contribution in [3.63, 3.8) is 0 Å². The minimum atomic E-state index is -0.193. The van der Waals surface area contributed by atoms with Gasteiger partial charge < -0.3 is 0 Å². The highest BCUT2D eigenvalue weighted by atomic mass is 79.9. The van der Waals surface area contributed by atoms with Crippen molar-refractivity contribution in [2.24, 2.45) is 0 Å². The van der Waals surface area contributed by atoms with E-state index in [9.17, 15) is 4.39 Å². The molecule has 15 heavy (non-hydrogen) atoms. The van der Waals surface area contributed by atoms with Crippen LogP contribution in [0.15, 0.2) is 17.1 Å². The standard InChI is InChI=1S/C13H16BrF/c1-4-6-7-11-9(3)8-10(5-2)13(15)12(11)14/h5,8H,2,4,6-7H2,1,3H3. The van der Waals surface area contributed by atoms with Crippen LogP contribution in [0, 0.1) is 12.7 Å². The van der Waals surface area contributed by atoms with Crippen LogP contribution < -0.4 is 0 Å². The van der Waals surface area contributed by atoms with Crippen LogP contribution in [0.5, 0.6) is 0 Å². The molecule has 1 aromatic carbocycles. The molecule has 0 nitrogen and oxygen atoms in total. The molecule has 0 unspecified atom stereocenters. The molecule has 0 aromatic heterocycles. The van der Waals surface area contributed by atoms with Gasteiger partial charge in [-0.3, -0.25) is 0 Å². The van der Waals surface area contributed by atoms with Crippen LogP contribution in [0.3, 0.4) is 0 Å². The van der Waals surface area contributed by atoms with Gasteiger partial charge in [0, 0.05) is 5.56 Å². The lowest BCUT2D eigenvalue weighted by molar-refractivity contribution is 0.613. The molecule has 0 radical (unpaired) electrons. The van der Waals surface area contributed by atoms with E-state index in [-0.39, 0.29) is 5.82 Å². The van der Waals surface area contributed by atoms with Crippen molar-refractivity contribution in [1.82, 2.24) is 0 Å². The van der Waals surface area contributed by atoms with Crippen LogP contribution in [0.4, 0.5) is 4.39 Å². The van der Waals surface area contributed by atoms with Crippen molar-refractivity contribution in [3.05, 3.63) is 39.6 Å². The Morgan fingerprint density at radius 1 is 1.53 bits per heavy atom. The summed E-state index contributed by atoms with van der Waals surface area (Å²) < 4.78 is 14.4. The largest absolute Gasteiger partial charge is 0.205 e. The quantitative estimate of drug-likeness (QED) is 0.732. The fourth-order valence-corrected chi connectivity index (χ4v) is 2.36. The van der Waals surface area contributed by atoms with Gasteiger partial charge in [0.25, 0.3) is 0 Å². The fourth-order valence-electron chi connectivity index (χ4n) is 1.63. The number of benzene rings is 1. The first kappa shape index (κ1) is 12.4. The molecule has 0 saturated heterocycles. The molecule has 0 atom stereocenters. The summed E-state index contributed by atoms with van der Waals surface area (Å²) >= 11 is 3.33. The van der Waals surface area contributed by atoms with Gasteiger partial charge in [0.15, 0.2) is 0 Å². The van der Waals surface area contributed by atoms with E-state index in [1.807, 2.05) is 13.0 Å². The van der Waals surface area contributed by atoms with Crippen molar-refractivity contribution in [2.45, 2.75) is 33.1 Å². The first-order valence-corrected chi connectivity index (χ1v) is 6.01. The van der Waals surface area contributed by atoms with Gasteiger partial charge in [-0.25, -0.2) is 4.39 Å². The Balaban J connectivity index is 3.17. The summed E-state index contributed by atoms with van der Waals surface area (Å²) in [6, 6.07) is 1.86. The average molecular weight is 271 g/mol. The van der Waals surface area contributed by atoms with Gasteiger partial charge in [0.05, 0.1) is 4.47 Å². The highest BCUT2D eigenvalue weighted by Gasteiger charge is 2.12. The van der Waals surface area contributed by atoms with E-state index >= 15 is 0 Å². The number of aryl methyl sites for hydroxylation is 1. The normalized spacial score (nSPS) is 10.4. The number of rotatable bonds is 4. The second-order valence-electron chi connectivity index (χ2n) is 3.70. The molecule has 2 heteroatoms. The second-order valence-corrected chi connectivity index (χ2v) is 4.49. The van der Waals surface area contributed by atoms with Crippen LogP contribution >= 0.6 is 15.9 Å². The van der Waals surface area contributed by atoms with Crippen molar-refractivity contribution in [3.8, 4) is 0 Å². The molecule has 0 aliphatic rings. The van der Waals surface area contributed by atoms with Gasteiger partial charge in [0.1, 0.15) is 5.82 Å². The number of hydrogen-bond donors (Lipinski definition) is 0. The molecule has 1 rings (SSSR count). The maximum atomic E-state index is 13.8. The average Bonchev–Trinajstić information content (AvgIpc) is 2.23. The molecule has 0 spiro atoms. The SMILES string of the molecule is C=Cc1cc(C)c(CCCC)c(Br)c1F. The molecular weight excluding hydrogens is 255 g/mol. The Morgan fingerprint density at radius 2 is 2.20 bits per heavy atom. The Bertz CT molecular complexity index is 369. The van der Waals surface area contributed by atoms with Gasteiger partial charge in [-0.15, -0.1) is 0 Å². The predicted molar refractivity (Wildman–Crippen MR) is 67.5 cm³/mol. The minimum Gasteiger partial charge on any atom is -0.205 e. The fraction of sp³-hybridized carbons (Fsp3) is 0.385. The minimum absolute atomic E-state index is 0.193. The van der Waals surface area contributed by atoms with E-state index in [0.717, 1.165) is 30.4 Å². The molecule has 0 amide bonds. The summed E-state index contributed by atoms with van der Waals surface area (Å²) in [4.78, 5) is 0. The number of unbranched alkanes of at least 4 members (excludes halogenated alkanes) is 1. The molecular formula is C13H16BrF. The highest BCUT2D eigenvalue weighted by Crippen LogP contribution is 2.28. The van der Waals surface area contributed by atoms with Gasteiger partial charge in [-0.2, -0.15) is 0 Å². The lowest BCUT2D eigenvalue weighted by Gasteiger charge is -2.11. The number of halogens is 2. The topological polar surface area (TPSA) is 0 Å². The Morgan fingerprint density at radius 3 is 2.73 bits per heavy atom. The summed E-state index contributed by atoms with van der Waals surface area (Å²) in [5.41, 5.74) is 2.78. The number of hydrogen-bond acceptors (Lipinski definition) is 0. The zero-order valence-corrected chi connectivity index (χ0v) is 10.8. The summed E-state index contributed by atoms with van der Waals surface area (Å²) in [6.07, 6.45) is 4.69. The third-order valence-corrected chi connectivity index (χ3v) is 3.39. The van der Waals surface area contributed by atoms with E-state index in [1.165, 1.54) is 0 Å². The highest BCUT2D eigenvalue weighted by molar-refractivity contribution is 9.10. The summed E-state index contributed by atoms with van der Waals surface area (Å²) in [6.45, 7) is 7.76. The lowest BCUT2D eigenvalue weighted by Crippen LogP contribution is -1.97. The maximum Gasteiger partial charge on any atom is 0.144 e. The Hall–Kier alpha value is -0.630. The maximum absolute atomic E-state index is 13.8. The van der Waals surface area contributed by atoms with Crippen molar-refractivity contribution in [1.29, 1.82) is 0 Å². The molecule has 0 saturated carbocycles. The van der Waals surface area contributed by atoms with Crippen LogP contribution in [-0.2, 0) is 6.42 Å². The van der Waals surface area contributed by atoms with Gasteiger partial charge in [0.2, 0.25) is 0 Å². The monoisotopic (exact) mass is 270 g/mol. The van der Waals surface area contributed by atoms with Crippen molar-refractivity contribution in [2.75, 3.05) is 0 Å². The summed E-state index contributed by atoms with van der Waals surface area (Å²) in [5, 5.41) is 0. The van der Waals surface area contributed by atoms with Crippen molar-refractivity contribution < 1.29 is 4.39 Å². The van der Waals surface area contributed by atoms with E-state index in [1.54, 1.807) is 6.08 Å². The van der Waals surface area contributed by atoms with Crippen molar-refractivity contribution >= 4 is 22.0 Å². The predicted octanol–water partition coefficient (Wildman–Crippen LogP) is 4.88. The first-order chi connectivity index (χ1) is 7.11. The zero-order chi connectivity index (χ0) is 11.4. The van der Waals surface area contributed by atoms with E-state index < -0.39 is 0 Å². The third kappa shape index (κ3) is 2.69. The lowest BCUT2D eigenvalue weighted by atomic mass is 10.00. The first-order valence-electron chi connectivity index (χ1n) is 5.21. The summed E-state index contributed by atoms with van der Waals surface area (Å²) in [5.74, 6) is -0.193. The van der Waals surface area contributed by atoms with E-state index in [4.69, 9.17) is 0 Å². The Labute approximate surface area is 99.3 Å².